The third kappa shape index (κ3) is 2.74. The third-order valence-corrected chi connectivity index (χ3v) is 7.34. The Kier molecular flexibility index (Phi) is 4.12. The van der Waals surface area contributed by atoms with Crippen molar-refractivity contribution in [2.24, 2.45) is 5.73 Å². The number of halogens is 1. The summed E-state index contributed by atoms with van der Waals surface area (Å²) in [7, 11) is -4.15. The van der Waals surface area contributed by atoms with E-state index in [9.17, 15) is 18.0 Å². The molecule has 0 radical (unpaired) electrons. The molecule has 11 heteroatoms. The second-order valence-electron chi connectivity index (χ2n) is 5.86. The van der Waals surface area contributed by atoms with Crippen molar-refractivity contribution in [3.8, 4) is 5.75 Å². The van der Waals surface area contributed by atoms with Crippen molar-refractivity contribution in [3.05, 3.63) is 33.9 Å². The molecule has 1 amide bonds. The van der Waals surface area contributed by atoms with Crippen molar-refractivity contribution in [2.75, 3.05) is 5.75 Å². The molecule has 1 aromatic heterocycles. The summed E-state index contributed by atoms with van der Waals surface area (Å²) in [6.07, 6.45) is -0.0141. The van der Waals surface area contributed by atoms with Gasteiger partial charge in [-0.15, -0.1) is 0 Å². The zero-order chi connectivity index (χ0) is 18.6. The van der Waals surface area contributed by atoms with Gasteiger partial charge in [-0.05, 0) is 33.6 Å². The fourth-order valence-corrected chi connectivity index (χ4v) is 6.36. The first-order valence-corrected chi connectivity index (χ1v) is 10.8. The van der Waals surface area contributed by atoms with Crippen LogP contribution in [0.4, 0.5) is 0 Å². The average Bonchev–Trinajstić information content (AvgIpc) is 3.20. The number of carbonyl (C=O) groups is 2. The van der Waals surface area contributed by atoms with Gasteiger partial charge >= 0.3 is 10.1 Å². The molecule has 1 aliphatic heterocycles. The van der Waals surface area contributed by atoms with Gasteiger partial charge in [0.2, 0.25) is 10.9 Å². The fraction of sp³-hybridized carbons (Fsp3) is 0.267. The predicted octanol–water partition coefficient (Wildman–Crippen LogP) is 1.67. The van der Waals surface area contributed by atoms with Gasteiger partial charge in [0.1, 0.15) is 10.4 Å². The number of nitrogens with zero attached hydrogens (tertiary/aromatic N) is 2. The van der Waals surface area contributed by atoms with Gasteiger partial charge in [-0.25, -0.2) is 4.98 Å². The van der Waals surface area contributed by atoms with Crippen molar-refractivity contribution in [2.45, 2.75) is 29.1 Å². The van der Waals surface area contributed by atoms with Crippen molar-refractivity contribution in [3.63, 3.8) is 0 Å². The molecule has 136 valence electrons. The number of imidazole rings is 1. The van der Waals surface area contributed by atoms with Crippen LogP contribution >= 0.6 is 27.7 Å². The highest BCUT2D eigenvalue weighted by Gasteiger charge is 2.35. The molecule has 1 atom stereocenters. The standard InChI is InChI=1S/C15H12BrN3O5S2/c16-12-14(19-3-4-25-15(19)18-12)26(22,23)24-7-1-2-8-9(5-7)11(20)6-10(8)13(17)21/h1-2,5,10H,3-4,6H2,(H2,17,21). The molecule has 26 heavy (non-hydrogen) atoms. The van der Waals surface area contributed by atoms with Gasteiger partial charge in [0.05, 0.1) is 5.92 Å². The molecule has 0 saturated heterocycles. The number of benzene rings is 1. The number of thioether (sulfide) groups is 1. The van der Waals surface area contributed by atoms with Crippen LogP contribution in [0.1, 0.15) is 28.3 Å². The number of ketones is 1. The van der Waals surface area contributed by atoms with Crippen LogP contribution in [-0.4, -0.2) is 35.4 Å². The molecule has 0 bridgehead atoms. The molecule has 0 fully saturated rings. The lowest BCUT2D eigenvalue weighted by Gasteiger charge is -2.10. The predicted molar refractivity (Wildman–Crippen MR) is 95.8 cm³/mol. The molecule has 1 unspecified atom stereocenters. The van der Waals surface area contributed by atoms with Gasteiger partial charge in [0.15, 0.2) is 10.9 Å². The van der Waals surface area contributed by atoms with Crippen molar-refractivity contribution in [1.29, 1.82) is 0 Å². The van der Waals surface area contributed by atoms with Crippen LogP contribution < -0.4 is 9.92 Å². The normalized spacial score (nSPS) is 18.7. The largest absolute Gasteiger partial charge is 0.378 e. The maximum absolute atomic E-state index is 12.7. The Hall–Kier alpha value is -1.85. The highest BCUT2D eigenvalue weighted by atomic mass is 79.9. The van der Waals surface area contributed by atoms with E-state index >= 15 is 0 Å². The van der Waals surface area contributed by atoms with Gasteiger partial charge in [-0.2, -0.15) is 8.42 Å². The Morgan fingerprint density at radius 2 is 2.19 bits per heavy atom. The van der Waals surface area contributed by atoms with Gasteiger partial charge in [0, 0.05) is 24.3 Å². The zero-order valence-corrected chi connectivity index (χ0v) is 16.4. The summed E-state index contributed by atoms with van der Waals surface area (Å²) >= 11 is 4.62. The minimum Gasteiger partial charge on any atom is -0.378 e. The number of rotatable bonds is 4. The smallest absolute Gasteiger partial charge is 0.357 e. The topological polar surface area (TPSA) is 121 Å². The summed E-state index contributed by atoms with van der Waals surface area (Å²) in [6.45, 7) is 0.513. The number of amides is 1. The molecule has 0 saturated carbocycles. The van der Waals surface area contributed by atoms with Crippen molar-refractivity contribution in [1.82, 2.24) is 9.55 Å². The number of hydrogen-bond donors (Lipinski definition) is 1. The fourth-order valence-electron chi connectivity index (χ4n) is 3.12. The van der Waals surface area contributed by atoms with Crippen LogP contribution in [0, 0.1) is 0 Å². The van der Waals surface area contributed by atoms with Crippen LogP contribution in [0.15, 0.2) is 33.0 Å². The number of nitrogens with two attached hydrogens (primary N) is 1. The molecule has 2 heterocycles. The Balaban J connectivity index is 1.69. The first kappa shape index (κ1) is 17.6. The second-order valence-corrected chi connectivity index (χ2v) is 9.13. The van der Waals surface area contributed by atoms with Gasteiger partial charge in [0.25, 0.3) is 0 Å². The zero-order valence-electron chi connectivity index (χ0n) is 13.1. The highest BCUT2D eigenvalue weighted by Crippen LogP contribution is 2.37. The third-order valence-electron chi connectivity index (χ3n) is 4.27. The maximum atomic E-state index is 12.7. The molecule has 2 aromatic rings. The summed E-state index contributed by atoms with van der Waals surface area (Å²) in [5, 5.41) is 0.548. The van der Waals surface area contributed by atoms with E-state index in [2.05, 4.69) is 20.9 Å². The monoisotopic (exact) mass is 457 g/mol. The lowest BCUT2D eigenvalue weighted by molar-refractivity contribution is -0.119. The SMILES string of the molecule is NC(=O)C1CC(=O)c2cc(OS(=O)(=O)c3c(Br)nc4n3CCS4)ccc21. The van der Waals surface area contributed by atoms with E-state index in [0.717, 1.165) is 5.75 Å². The Bertz CT molecular complexity index is 1060. The van der Waals surface area contributed by atoms with Crippen LogP contribution in [0.25, 0.3) is 0 Å². The van der Waals surface area contributed by atoms with E-state index < -0.39 is 21.9 Å². The average molecular weight is 458 g/mol. The van der Waals surface area contributed by atoms with Crippen LogP contribution in [-0.2, 0) is 21.5 Å². The van der Waals surface area contributed by atoms with Crippen LogP contribution in [0.2, 0.25) is 0 Å². The van der Waals surface area contributed by atoms with E-state index in [1.807, 2.05) is 0 Å². The molecule has 1 aromatic carbocycles. The van der Waals surface area contributed by atoms with Crippen molar-refractivity contribution < 1.29 is 22.2 Å². The highest BCUT2D eigenvalue weighted by molar-refractivity contribution is 9.10. The second kappa shape index (κ2) is 6.10. The number of Topliss-reactive ketones (excluding diaryl/α,β-unsaturated/α-hetero) is 1. The molecule has 2 N–H and O–H groups in total. The molecule has 0 spiro atoms. The van der Waals surface area contributed by atoms with E-state index in [1.54, 1.807) is 4.57 Å². The first-order chi connectivity index (χ1) is 12.3. The van der Waals surface area contributed by atoms with E-state index in [4.69, 9.17) is 9.92 Å². The number of hydrogen-bond acceptors (Lipinski definition) is 7. The molecule has 8 nitrogen and oxygen atoms in total. The Morgan fingerprint density at radius 1 is 1.42 bits per heavy atom. The number of carbonyl (C=O) groups excluding carboxylic acids is 2. The van der Waals surface area contributed by atoms with Gasteiger partial charge in [-0.3, -0.25) is 9.59 Å². The minimum absolute atomic E-state index is 0.00433. The van der Waals surface area contributed by atoms with Crippen LogP contribution in [0.3, 0.4) is 0 Å². The summed E-state index contributed by atoms with van der Waals surface area (Å²) in [5.41, 5.74) is 6.07. The molecule has 4 rings (SSSR count). The number of aromatic nitrogens is 2. The molecule has 2 aliphatic rings. The quantitative estimate of drug-likeness (QED) is 0.692. The van der Waals surface area contributed by atoms with Gasteiger partial charge in [-0.1, -0.05) is 17.8 Å². The Labute approximate surface area is 161 Å². The number of fused-ring (bicyclic) bond motifs is 2. The minimum atomic E-state index is -4.15. The lowest BCUT2D eigenvalue weighted by atomic mass is 10.0. The Morgan fingerprint density at radius 3 is 2.92 bits per heavy atom. The first-order valence-electron chi connectivity index (χ1n) is 7.57. The summed E-state index contributed by atoms with van der Waals surface area (Å²) in [4.78, 5) is 27.7. The van der Waals surface area contributed by atoms with Crippen LogP contribution in [0.5, 0.6) is 5.75 Å². The summed E-state index contributed by atoms with van der Waals surface area (Å²) in [5.74, 6) is -0.813. The van der Waals surface area contributed by atoms with Crippen molar-refractivity contribution >= 4 is 49.5 Å². The maximum Gasteiger partial charge on any atom is 0.357 e. The molecule has 1 aliphatic carbocycles. The molecular formula is C15H12BrN3O5S2. The summed E-state index contributed by atoms with van der Waals surface area (Å²) in [6, 6.07) is 4.25. The lowest BCUT2D eigenvalue weighted by Crippen LogP contribution is -2.19. The molecular weight excluding hydrogens is 446 g/mol. The van der Waals surface area contributed by atoms with E-state index in [1.165, 1.54) is 30.0 Å². The van der Waals surface area contributed by atoms with E-state index in [0.29, 0.717) is 17.3 Å². The number of primary amides is 1. The van der Waals surface area contributed by atoms with Gasteiger partial charge < -0.3 is 14.5 Å². The van der Waals surface area contributed by atoms with E-state index in [-0.39, 0.29) is 33.1 Å². The summed E-state index contributed by atoms with van der Waals surface area (Å²) < 4.78 is 32.4.